The number of fused-ring (bicyclic) bond motifs is 1. The van der Waals surface area contributed by atoms with E-state index < -0.39 is 23.3 Å². The van der Waals surface area contributed by atoms with Crippen molar-refractivity contribution in [1.82, 2.24) is 9.97 Å². The van der Waals surface area contributed by atoms with Gasteiger partial charge >= 0.3 is 12.1 Å². The third-order valence-corrected chi connectivity index (χ3v) is 3.68. The number of aromatic nitrogens is 2. The SMILES string of the molecule is COC(=O)C(C)(C)Nc1ccc2ncnc(OCCOC(=O)OC(C)(C)C)c2c1. The highest BCUT2D eigenvalue weighted by molar-refractivity contribution is 5.88. The quantitative estimate of drug-likeness (QED) is 0.548. The molecule has 0 fully saturated rings. The molecule has 0 amide bonds. The Morgan fingerprint density at radius 3 is 2.45 bits per heavy atom. The van der Waals surface area contributed by atoms with Crippen LogP contribution in [0.3, 0.4) is 0 Å². The van der Waals surface area contributed by atoms with E-state index in [0.717, 1.165) is 0 Å². The number of carbonyl (C=O) groups is 2. The Hall–Kier alpha value is -3.10. The standard InChI is InChI=1S/C20H27N3O6/c1-19(2,3)29-18(25)28-10-9-27-16-14-11-13(7-8-15(14)21-12-22-16)23-20(4,5)17(24)26-6/h7-8,11-12,23H,9-10H2,1-6H3. The van der Waals surface area contributed by atoms with Crippen molar-refractivity contribution in [2.75, 3.05) is 25.6 Å². The fraction of sp³-hybridized carbons (Fsp3) is 0.500. The van der Waals surface area contributed by atoms with Crippen LogP contribution in [0.2, 0.25) is 0 Å². The second-order valence-corrected chi connectivity index (χ2v) is 7.81. The van der Waals surface area contributed by atoms with Crippen LogP contribution < -0.4 is 10.1 Å². The lowest BCUT2D eigenvalue weighted by molar-refractivity contribution is -0.144. The first-order valence-corrected chi connectivity index (χ1v) is 9.12. The van der Waals surface area contributed by atoms with Gasteiger partial charge in [0, 0.05) is 5.69 Å². The Labute approximate surface area is 169 Å². The van der Waals surface area contributed by atoms with Crippen molar-refractivity contribution in [3.8, 4) is 5.88 Å². The van der Waals surface area contributed by atoms with E-state index in [9.17, 15) is 9.59 Å². The van der Waals surface area contributed by atoms with Crippen LogP contribution in [0, 0.1) is 0 Å². The van der Waals surface area contributed by atoms with Crippen LogP contribution in [-0.4, -0.2) is 53.6 Å². The lowest BCUT2D eigenvalue weighted by atomic mass is 10.1. The molecule has 0 radical (unpaired) electrons. The average Bonchev–Trinajstić information content (AvgIpc) is 2.63. The van der Waals surface area contributed by atoms with Crippen molar-refractivity contribution in [1.29, 1.82) is 0 Å². The minimum absolute atomic E-state index is 0.00766. The van der Waals surface area contributed by atoms with Crippen molar-refractivity contribution in [3.05, 3.63) is 24.5 Å². The molecular formula is C20H27N3O6. The van der Waals surface area contributed by atoms with Crippen molar-refractivity contribution >= 4 is 28.7 Å². The third-order valence-electron chi connectivity index (χ3n) is 3.68. The van der Waals surface area contributed by atoms with Crippen molar-refractivity contribution in [2.45, 2.75) is 45.8 Å². The van der Waals surface area contributed by atoms with Gasteiger partial charge in [-0.3, -0.25) is 0 Å². The molecule has 0 bridgehead atoms. The summed E-state index contributed by atoms with van der Waals surface area (Å²) in [6, 6.07) is 5.37. The molecule has 0 saturated carbocycles. The van der Waals surface area contributed by atoms with Gasteiger partial charge in [-0.15, -0.1) is 0 Å². The maximum atomic E-state index is 11.9. The number of benzene rings is 1. The molecule has 0 aliphatic carbocycles. The molecule has 2 aromatic rings. The molecule has 0 unspecified atom stereocenters. The van der Waals surface area contributed by atoms with E-state index in [2.05, 4.69) is 15.3 Å². The fourth-order valence-electron chi connectivity index (χ4n) is 2.44. The van der Waals surface area contributed by atoms with Crippen molar-refractivity contribution in [3.63, 3.8) is 0 Å². The molecule has 0 aliphatic heterocycles. The Morgan fingerprint density at radius 2 is 1.79 bits per heavy atom. The van der Waals surface area contributed by atoms with Crippen LogP contribution in [-0.2, 0) is 19.0 Å². The molecular weight excluding hydrogens is 378 g/mol. The van der Waals surface area contributed by atoms with Gasteiger partial charge in [-0.05, 0) is 52.8 Å². The van der Waals surface area contributed by atoms with E-state index in [0.29, 0.717) is 22.5 Å². The lowest BCUT2D eigenvalue weighted by Crippen LogP contribution is -2.41. The Bertz CT molecular complexity index is 876. The molecule has 158 valence electrons. The van der Waals surface area contributed by atoms with Crippen LogP contribution in [0.5, 0.6) is 5.88 Å². The average molecular weight is 405 g/mol. The summed E-state index contributed by atoms with van der Waals surface area (Å²) < 4.78 is 20.5. The molecule has 2 rings (SSSR count). The third kappa shape index (κ3) is 6.48. The Morgan fingerprint density at radius 1 is 1.07 bits per heavy atom. The van der Waals surface area contributed by atoms with Gasteiger partial charge < -0.3 is 24.3 Å². The zero-order chi connectivity index (χ0) is 21.7. The van der Waals surface area contributed by atoms with Crippen molar-refractivity contribution < 1.29 is 28.5 Å². The van der Waals surface area contributed by atoms with Crippen LogP contribution in [0.15, 0.2) is 24.5 Å². The topological polar surface area (TPSA) is 109 Å². The van der Waals surface area contributed by atoms with Crippen LogP contribution in [0.1, 0.15) is 34.6 Å². The van der Waals surface area contributed by atoms with E-state index in [1.165, 1.54) is 13.4 Å². The predicted molar refractivity (Wildman–Crippen MR) is 107 cm³/mol. The Kier molecular flexibility index (Phi) is 6.84. The van der Waals surface area contributed by atoms with Gasteiger partial charge in [0.05, 0.1) is 18.0 Å². The van der Waals surface area contributed by atoms with Gasteiger partial charge in [-0.1, -0.05) is 0 Å². The minimum atomic E-state index is -0.916. The zero-order valence-corrected chi connectivity index (χ0v) is 17.6. The van der Waals surface area contributed by atoms with Gasteiger partial charge in [0.25, 0.3) is 0 Å². The highest BCUT2D eigenvalue weighted by atomic mass is 16.7. The molecule has 0 saturated heterocycles. The Balaban J connectivity index is 2.06. The maximum Gasteiger partial charge on any atom is 0.508 e. The molecule has 1 N–H and O–H groups in total. The monoisotopic (exact) mass is 405 g/mol. The first kappa shape index (κ1) is 22.2. The number of hydrogen-bond acceptors (Lipinski definition) is 9. The van der Waals surface area contributed by atoms with Gasteiger partial charge in [0.15, 0.2) is 0 Å². The van der Waals surface area contributed by atoms with E-state index >= 15 is 0 Å². The molecule has 0 spiro atoms. The van der Waals surface area contributed by atoms with E-state index in [1.54, 1.807) is 52.8 Å². The van der Waals surface area contributed by atoms with E-state index in [4.69, 9.17) is 18.9 Å². The number of esters is 1. The first-order valence-electron chi connectivity index (χ1n) is 9.12. The largest absolute Gasteiger partial charge is 0.508 e. The summed E-state index contributed by atoms with van der Waals surface area (Å²) in [5.41, 5.74) is -0.190. The zero-order valence-electron chi connectivity index (χ0n) is 17.6. The number of rotatable bonds is 7. The highest BCUT2D eigenvalue weighted by Crippen LogP contribution is 2.26. The summed E-state index contributed by atoms with van der Waals surface area (Å²) in [6.45, 7) is 8.80. The number of nitrogens with zero attached hydrogens (tertiary/aromatic N) is 2. The van der Waals surface area contributed by atoms with Gasteiger partial charge in [-0.25, -0.2) is 19.6 Å². The number of carbonyl (C=O) groups excluding carboxylic acids is 2. The second kappa shape index (κ2) is 8.93. The van der Waals surface area contributed by atoms with Crippen LogP contribution >= 0.6 is 0 Å². The number of nitrogens with one attached hydrogen (secondary N) is 1. The minimum Gasteiger partial charge on any atom is -0.474 e. The first-order chi connectivity index (χ1) is 13.5. The van der Waals surface area contributed by atoms with Crippen molar-refractivity contribution in [2.24, 2.45) is 0 Å². The molecule has 29 heavy (non-hydrogen) atoms. The summed E-state index contributed by atoms with van der Waals surface area (Å²) >= 11 is 0. The number of ether oxygens (including phenoxy) is 4. The summed E-state index contributed by atoms with van der Waals surface area (Å²) in [6.07, 6.45) is 0.628. The smallest absolute Gasteiger partial charge is 0.474 e. The number of hydrogen-bond donors (Lipinski definition) is 1. The molecule has 0 atom stereocenters. The molecule has 0 aliphatic rings. The maximum absolute atomic E-state index is 11.9. The highest BCUT2D eigenvalue weighted by Gasteiger charge is 2.28. The molecule has 9 heteroatoms. The predicted octanol–water partition coefficient (Wildman–Crippen LogP) is 3.32. The molecule has 1 aromatic heterocycles. The molecule has 1 aromatic carbocycles. The second-order valence-electron chi connectivity index (χ2n) is 7.81. The summed E-state index contributed by atoms with van der Waals surface area (Å²) in [5, 5.41) is 3.77. The fourth-order valence-corrected chi connectivity index (χ4v) is 2.44. The number of methoxy groups -OCH3 is 1. The summed E-state index contributed by atoms with van der Waals surface area (Å²) in [5.74, 6) is -0.0556. The van der Waals surface area contributed by atoms with E-state index in [-0.39, 0.29) is 13.2 Å². The lowest BCUT2D eigenvalue weighted by Gasteiger charge is -2.24. The number of anilines is 1. The summed E-state index contributed by atoms with van der Waals surface area (Å²) in [7, 11) is 1.34. The van der Waals surface area contributed by atoms with E-state index in [1.807, 2.05) is 0 Å². The van der Waals surface area contributed by atoms with Gasteiger partial charge in [0.1, 0.15) is 30.7 Å². The summed E-state index contributed by atoms with van der Waals surface area (Å²) in [4.78, 5) is 31.8. The van der Waals surface area contributed by atoms with Gasteiger partial charge in [0.2, 0.25) is 5.88 Å². The van der Waals surface area contributed by atoms with Gasteiger partial charge in [-0.2, -0.15) is 0 Å². The van der Waals surface area contributed by atoms with Crippen LogP contribution in [0.25, 0.3) is 10.9 Å². The normalized spacial score (nSPS) is 11.7. The van der Waals surface area contributed by atoms with Crippen LogP contribution in [0.4, 0.5) is 10.5 Å². The molecule has 9 nitrogen and oxygen atoms in total. The molecule has 1 heterocycles.